The fourth-order valence-corrected chi connectivity index (χ4v) is 2.28. The molecular formula is C11H16N2O2. The lowest BCUT2D eigenvalue weighted by atomic mass is 9.86. The number of nitrogens with zero attached hydrogens (tertiary/aromatic N) is 2. The van der Waals surface area contributed by atoms with Crippen LogP contribution in [0.1, 0.15) is 26.2 Å². The van der Waals surface area contributed by atoms with Crippen LogP contribution in [0.2, 0.25) is 0 Å². The Bertz CT molecular complexity index is 358. The Balaban J connectivity index is 2.33. The molecule has 0 spiro atoms. The minimum Gasteiger partial charge on any atom is -0.267 e. The zero-order chi connectivity index (χ0) is 11.2. The van der Waals surface area contributed by atoms with Gasteiger partial charge in [0.05, 0.1) is 0 Å². The Morgan fingerprint density at radius 2 is 1.80 bits per heavy atom. The molecular weight excluding hydrogens is 192 g/mol. The van der Waals surface area contributed by atoms with Crippen molar-refractivity contribution in [1.82, 2.24) is 10.0 Å². The van der Waals surface area contributed by atoms with Gasteiger partial charge in [-0.3, -0.25) is 9.59 Å². The Morgan fingerprint density at radius 1 is 1.20 bits per heavy atom. The van der Waals surface area contributed by atoms with Crippen molar-refractivity contribution in [3.63, 3.8) is 0 Å². The van der Waals surface area contributed by atoms with E-state index in [1.807, 2.05) is 0 Å². The zero-order valence-corrected chi connectivity index (χ0v) is 9.41. The molecule has 2 aliphatic rings. The topological polar surface area (TPSA) is 40.6 Å². The molecule has 0 N–H and O–H groups in total. The molecule has 1 atom stereocenters. The van der Waals surface area contributed by atoms with E-state index < -0.39 is 0 Å². The summed E-state index contributed by atoms with van der Waals surface area (Å²) in [6.45, 7) is 2.12. The minimum absolute atomic E-state index is 0.119. The van der Waals surface area contributed by atoms with Crippen LogP contribution in [-0.2, 0) is 9.59 Å². The summed E-state index contributed by atoms with van der Waals surface area (Å²) < 4.78 is 0. The van der Waals surface area contributed by atoms with E-state index in [0.29, 0.717) is 5.92 Å². The predicted octanol–water partition coefficient (Wildman–Crippen LogP) is 0.948. The summed E-state index contributed by atoms with van der Waals surface area (Å²) in [5, 5.41) is 2.80. The number of carbonyl (C=O) groups is 2. The van der Waals surface area contributed by atoms with E-state index in [-0.39, 0.29) is 11.8 Å². The first kappa shape index (κ1) is 10.4. The highest BCUT2D eigenvalue weighted by molar-refractivity contribution is 6.19. The zero-order valence-electron chi connectivity index (χ0n) is 9.41. The van der Waals surface area contributed by atoms with Gasteiger partial charge in [-0.15, -0.1) is 0 Å². The molecule has 1 aliphatic carbocycles. The van der Waals surface area contributed by atoms with Gasteiger partial charge in [-0.25, -0.2) is 10.0 Å². The summed E-state index contributed by atoms with van der Waals surface area (Å²) in [6, 6.07) is 0. The average molecular weight is 208 g/mol. The lowest BCUT2D eigenvalue weighted by molar-refractivity contribution is -0.152. The van der Waals surface area contributed by atoms with Crippen molar-refractivity contribution in [2.45, 2.75) is 26.2 Å². The molecule has 0 bridgehead atoms. The van der Waals surface area contributed by atoms with Gasteiger partial charge in [0, 0.05) is 25.2 Å². The minimum atomic E-state index is -0.119. The Labute approximate surface area is 89.5 Å². The molecule has 1 aliphatic heterocycles. The van der Waals surface area contributed by atoms with Gasteiger partial charge in [0.15, 0.2) is 0 Å². The van der Waals surface area contributed by atoms with E-state index in [1.54, 1.807) is 19.1 Å². The highest BCUT2D eigenvalue weighted by Crippen LogP contribution is 2.35. The van der Waals surface area contributed by atoms with E-state index in [2.05, 4.69) is 6.92 Å². The number of hydrogen-bond acceptors (Lipinski definition) is 3. The Morgan fingerprint density at radius 3 is 2.40 bits per heavy atom. The molecule has 0 saturated heterocycles. The highest BCUT2D eigenvalue weighted by Gasteiger charge is 2.41. The van der Waals surface area contributed by atoms with Crippen molar-refractivity contribution < 1.29 is 9.59 Å². The van der Waals surface area contributed by atoms with Gasteiger partial charge in [-0.2, -0.15) is 0 Å². The number of carbonyl (C=O) groups excluding carboxylic acids is 2. The first-order valence-corrected chi connectivity index (χ1v) is 5.30. The maximum Gasteiger partial charge on any atom is 0.271 e. The molecule has 1 unspecified atom stereocenters. The lowest BCUT2D eigenvalue weighted by Gasteiger charge is -2.21. The number of hydrazine groups is 1. The second kappa shape index (κ2) is 3.45. The monoisotopic (exact) mass is 208 g/mol. The number of rotatable bonds is 1. The quantitative estimate of drug-likeness (QED) is 0.602. The first-order valence-electron chi connectivity index (χ1n) is 5.30. The van der Waals surface area contributed by atoms with Gasteiger partial charge in [-0.1, -0.05) is 6.92 Å². The lowest BCUT2D eigenvalue weighted by Crippen LogP contribution is -2.42. The molecule has 0 fully saturated rings. The van der Waals surface area contributed by atoms with E-state index in [9.17, 15) is 9.59 Å². The Kier molecular flexibility index (Phi) is 2.38. The number of imide groups is 1. The van der Waals surface area contributed by atoms with E-state index in [4.69, 9.17) is 0 Å². The van der Waals surface area contributed by atoms with Crippen LogP contribution in [0.5, 0.6) is 0 Å². The van der Waals surface area contributed by atoms with Crippen molar-refractivity contribution in [2.24, 2.45) is 5.92 Å². The molecule has 1 heterocycles. The van der Waals surface area contributed by atoms with Crippen LogP contribution in [0.15, 0.2) is 11.1 Å². The Hall–Kier alpha value is -1.16. The SMILES string of the molecule is CC1CCC2=C(C1)C(=O)N(N(C)C)C2=O. The maximum atomic E-state index is 11.9. The van der Waals surface area contributed by atoms with Crippen molar-refractivity contribution in [3.8, 4) is 0 Å². The van der Waals surface area contributed by atoms with Crippen molar-refractivity contribution in [3.05, 3.63) is 11.1 Å². The summed E-state index contributed by atoms with van der Waals surface area (Å²) in [5.74, 6) is 0.279. The van der Waals surface area contributed by atoms with Crippen molar-refractivity contribution >= 4 is 11.8 Å². The van der Waals surface area contributed by atoms with Gasteiger partial charge < -0.3 is 0 Å². The van der Waals surface area contributed by atoms with Gasteiger partial charge >= 0.3 is 0 Å². The predicted molar refractivity (Wildman–Crippen MR) is 55.6 cm³/mol. The summed E-state index contributed by atoms with van der Waals surface area (Å²) >= 11 is 0. The third kappa shape index (κ3) is 1.49. The van der Waals surface area contributed by atoms with Crippen molar-refractivity contribution in [2.75, 3.05) is 14.1 Å². The molecule has 4 nitrogen and oxygen atoms in total. The van der Waals surface area contributed by atoms with Gasteiger partial charge in [0.2, 0.25) is 0 Å². The van der Waals surface area contributed by atoms with Crippen LogP contribution in [0, 0.1) is 5.92 Å². The summed E-state index contributed by atoms with van der Waals surface area (Å²) in [6.07, 6.45) is 2.52. The molecule has 0 aromatic heterocycles. The molecule has 82 valence electrons. The van der Waals surface area contributed by atoms with Crippen molar-refractivity contribution in [1.29, 1.82) is 0 Å². The molecule has 15 heavy (non-hydrogen) atoms. The highest BCUT2D eigenvalue weighted by atomic mass is 16.2. The molecule has 0 aromatic carbocycles. The first-order chi connectivity index (χ1) is 7.02. The molecule has 2 amide bonds. The molecule has 0 radical (unpaired) electrons. The second-order valence-corrected chi connectivity index (χ2v) is 4.57. The number of amides is 2. The summed E-state index contributed by atoms with van der Waals surface area (Å²) in [5.41, 5.74) is 1.49. The second-order valence-electron chi connectivity index (χ2n) is 4.57. The smallest absolute Gasteiger partial charge is 0.267 e. The summed E-state index contributed by atoms with van der Waals surface area (Å²) in [7, 11) is 3.44. The molecule has 0 aromatic rings. The standard InChI is InChI=1S/C11H16N2O2/c1-7-4-5-8-9(6-7)11(15)13(10(8)14)12(2)3/h7H,4-6H2,1-3H3. The van der Waals surface area contributed by atoms with Gasteiger partial charge in [0.1, 0.15) is 0 Å². The maximum absolute atomic E-state index is 11.9. The van der Waals surface area contributed by atoms with E-state index >= 15 is 0 Å². The molecule has 4 heteroatoms. The van der Waals surface area contributed by atoms with E-state index in [0.717, 1.165) is 30.4 Å². The third-order valence-electron chi connectivity index (χ3n) is 3.11. The van der Waals surface area contributed by atoms with Crippen LogP contribution in [0.4, 0.5) is 0 Å². The average Bonchev–Trinajstić information content (AvgIpc) is 2.39. The van der Waals surface area contributed by atoms with Gasteiger partial charge in [0.25, 0.3) is 11.8 Å². The van der Waals surface area contributed by atoms with Gasteiger partial charge in [-0.05, 0) is 25.2 Å². The fourth-order valence-electron chi connectivity index (χ4n) is 2.28. The molecule has 0 saturated carbocycles. The largest absolute Gasteiger partial charge is 0.271 e. The van der Waals surface area contributed by atoms with E-state index in [1.165, 1.54) is 5.01 Å². The van der Waals surface area contributed by atoms with Crippen LogP contribution < -0.4 is 0 Å². The molecule has 2 rings (SSSR count). The van der Waals surface area contributed by atoms with Crippen LogP contribution >= 0.6 is 0 Å². The van der Waals surface area contributed by atoms with Crippen LogP contribution in [0.25, 0.3) is 0 Å². The van der Waals surface area contributed by atoms with Crippen LogP contribution in [0.3, 0.4) is 0 Å². The van der Waals surface area contributed by atoms with Crippen LogP contribution in [-0.4, -0.2) is 35.9 Å². The fraction of sp³-hybridized carbons (Fsp3) is 0.636. The normalized spacial score (nSPS) is 26.7. The number of hydrogen-bond donors (Lipinski definition) is 0. The summed E-state index contributed by atoms with van der Waals surface area (Å²) in [4.78, 5) is 23.8. The third-order valence-corrected chi connectivity index (χ3v) is 3.11.